The maximum atomic E-state index is 13.9. The number of ether oxygens (including phenoxy) is 1. The smallest absolute Gasteiger partial charge is 0.251 e. The van der Waals surface area contributed by atoms with E-state index in [0.717, 1.165) is 17.0 Å². The van der Waals surface area contributed by atoms with Crippen LogP contribution in [0.2, 0.25) is 0 Å². The summed E-state index contributed by atoms with van der Waals surface area (Å²) in [5.41, 5.74) is -0.0130. The number of methoxy groups -OCH3 is 1. The van der Waals surface area contributed by atoms with Gasteiger partial charge in [-0.3, -0.25) is 9.59 Å². The zero-order valence-corrected chi connectivity index (χ0v) is 13.9. The van der Waals surface area contributed by atoms with Crippen LogP contribution in [-0.4, -0.2) is 32.0 Å². The molecule has 2 aromatic rings. The van der Waals surface area contributed by atoms with Crippen LogP contribution in [0.5, 0.6) is 5.75 Å². The van der Waals surface area contributed by atoms with Crippen LogP contribution in [0.25, 0.3) is 0 Å². The lowest BCUT2D eigenvalue weighted by Gasteiger charge is -2.22. The van der Waals surface area contributed by atoms with Gasteiger partial charge in [0.05, 0.1) is 7.11 Å². The predicted octanol–water partition coefficient (Wildman–Crippen LogP) is 2.76. The molecule has 2 aromatic carbocycles. The van der Waals surface area contributed by atoms with Gasteiger partial charge in [-0.2, -0.15) is 0 Å². The van der Waals surface area contributed by atoms with Crippen molar-refractivity contribution >= 4 is 17.5 Å². The van der Waals surface area contributed by atoms with Crippen molar-refractivity contribution < 1.29 is 23.1 Å². The van der Waals surface area contributed by atoms with E-state index in [-0.39, 0.29) is 19.0 Å². The fourth-order valence-corrected chi connectivity index (χ4v) is 2.30. The Morgan fingerprint density at radius 3 is 2.20 bits per heavy atom. The van der Waals surface area contributed by atoms with Gasteiger partial charge < -0.3 is 15.0 Å². The highest BCUT2D eigenvalue weighted by atomic mass is 19.1. The number of anilines is 1. The topological polar surface area (TPSA) is 58.6 Å². The number of carbonyl (C=O) groups is 2. The zero-order chi connectivity index (χ0) is 18.4. The molecule has 0 aliphatic rings. The molecule has 0 unspecified atom stereocenters. The molecule has 1 N–H and O–H groups in total. The first-order chi connectivity index (χ1) is 11.9. The second kappa shape index (κ2) is 8.23. The van der Waals surface area contributed by atoms with Crippen LogP contribution < -0.4 is 15.0 Å². The van der Waals surface area contributed by atoms with Crippen molar-refractivity contribution in [3.63, 3.8) is 0 Å². The summed E-state index contributed by atoms with van der Waals surface area (Å²) in [5.74, 6) is -1.94. The van der Waals surface area contributed by atoms with Crippen molar-refractivity contribution in [1.29, 1.82) is 0 Å². The maximum Gasteiger partial charge on any atom is 0.251 e. The number of nitrogens with one attached hydrogen (secondary N) is 1. The Bertz CT molecular complexity index is 743. The van der Waals surface area contributed by atoms with Crippen molar-refractivity contribution in [2.45, 2.75) is 6.92 Å². The standard InChI is InChI=1S/C18H18F2N2O3/c1-12(23)22(17-15(19)4-3-5-16(17)20)11-10-21-18(24)13-6-8-14(25-2)9-7-13/h3-9H,10-11H2,1-2H3,(H,21,24). The first-order valence-electron chi connectivity index (χ1n) is 7.58. The minimum atomic E-state index is -0.836. The molecule has 0 aliphatic carbocycles. The highest BCUT2D eigenvalue weighted by Gasteiger charge is 2.20. The SMILES string of the molecule is COc1ccc(C(=O)NCCN(C(C)=O)c2c(F)cccc2F)cc1. The number of benzene rings is 2. The Labute approximate surface area is 144 Å². The number of carbonyl (C=O) groups excluding carboxylic acids is 2. The number of hydrogen-bond acceptors (Lipinski definition) is 3. The van der Waals surface area contributed by atoms with Crippen LogP contribution in [0.15, 0.2) is 42.5 Å². The second-order valence-electron chi connectivity index (χ2n) is 5.23. The van der Waals surface area contributed by atoms with Gasteiger partial charge in [-0.15, -0.1) is 0 Å². The van der Waals surface area contributed by atoms with Crippen molar-refractivity contribution in [2.75, 3.05) is 25.1 Å². The van der Waals surface area contributed by atoms with Crippen molar-refractivity contribution in [3.8, 4) is 5.75 Å². The van der Waals surface area contributed by atoms with E-state index in [4.69, 9.17) is 4.74 Å². The Kier molecular flexibility index (Phi) is 6.05. The highest BCUT2D eigenvalue weighted by molar-refractivity contribution is 5.95. The van der Waals surface area contributed by atoms with E-state index in [0.29, 0.717) is 11.3 Å². The summed E-state index contributed by atoms with van der Waals surface area (Å²) >= 11 is 0. The third-order valence-electron chi connectivity index (χ3n) is 3.56. The fraction of sp³-hybridized carbons (Fsp3) is 0.222. The van der Waals surface area contributed by atoms with Crippen LogP contribution in [0.1, 0.15) is 17.3 Å². The van der Waals surface area contributed by atoms with Crippen molar-refractivity contribution in [2.24, 2.45) is 0 Å². The Balaban J connectivity index is 2.02. The van der Waals surface area contributed by atoms with E-state index in [1.807, 2.05) is 0 Å². The summed E-state index contributed by atoms with van der Waals surface area (Å²) < 4.78 is 32.7. The average Bonchev–Trinajstić information content (AvgIpc) is 2.59. The van der Waals surface area contributed by atoms with Gasteiger partial charge in [0.2, 0.25) is 5.91 Å². The van der Waals surface area contributed by atoms with Gasteiger partial charge in [0, 0.05) is 25.6 Å². The molecule has 0 saturated carbocycles. The zero-order valence-electron chi connectivity index (χ0n) is 13.9. The van der Waals surface area contributed by atoms with Gasteiger partial charge in [0.25, 0.3) is 5.91 Å². The summed E-state index contributed by atoms with van der Waals surface area (Å²) in [4.78, 5) is 24.8. The molecule has 0 aliphatic heterocycles. The van der Waals surface area contributed by atoms with Crippen molar-refractivity contribution in [3.05, 3.63) is 59.7 Å². The number of hydrogen-bond donors (Lipinski definition) is 1. The number of rotatable bonds is 6. The molecule has 0 radical (unpaired) electrons. The lowest BCUT2D eigenvalue weighted by Crippen LogP contribution is -2.38. The van der Waals surface area contributed by atoms with E-state index >= 15 is 0 Å². The Hall–Kier alpha value is -2.96. The van der Waals surface area contributed by atoms with E-state index in [1.54, 1.807) is 24.3 Å². The molecule has 0 atom stereocenters. The molecule has 0 fully saturated rings. The van der Waals surface area contributed by atoms with Gasteiger partial charge in [0.15, 0.2) is 0 Å². The fourth-order valence-electron chi connectivity index (χ4n) is 2.30. The molecule has 0 saturated heterocycles. The van der Waals surface area contributed by atoms with Crippen LogP contribution in [0.4, 0.5) is 14.5 Å². The molecule has 2 amide bonds. The van der Waals surface area contributed by atoms with E-state index in [9.17, 15) is 18.4 Å². The van der Waals surface area contributed by atoms with Gasteiger partial charge in [-0.1, -0.05) is 6.07 Å². The predicted molar refractivity (Wildman–Crippen MR) is 89.7 cm³/mol. The quantitative estimate of drug-likeness (QED) is 0.873. The first-order valence-corrected chi connectivity index (χ1v) is 7.58. The molecular formula is C18H18F2N2O3. The highest BCUT2D eigenvalue weighted by Crippen LogP contribution is 2.23. The molecule has 7 heteroatoms. The summed E-state index contributed by atoms with van der Waals surface area (Å²) in [5, 5.41) is 2.61. The second-order valence-corrected chi connectivity index (χ2v) is 5.23. The lowest BCUT2D eigenvalue weighted by atomic mass is 10.2. The molecule has 0 bridgehead atoms. The molecule has 2 rings (SSSR count). The summed E-state index contributed by atoms with van der Waals surface area (Å²) in [6.07, 6.45) is 0. The molecule has 0 aromatic heterocycles. The van der Waals surface area contributed by atoms with E-state index in [1.165, 1.54) is 20.1 Å². The third-order valence-corrected chi connectivity index (χ3v) is 3.56. The van der Waals surface area contributed by atoms with E-state index in [2.05, 4.69) is 5.32 Å². The lowest BCUT2D eigenvalue weighted by molar-refractivity contribution is -0.116. The molecule has 5 nitrogen and oxygen atoms in total. The van der Waals surface area contributed by atoms with Gasteiger partial charge in [-0.05, 0) is 36.4 Å². The summed E-state index contributed by atoms with van der Waals surface area (Å²) in [6, 6.07) is 9.84. The maximum absolute atomic E-state index is 13.9. The molecule has 0 spiro atoms. The monoisotopic (exact) mass is 348 g/mol. The molecule has 132 valence electrons. The third kappa shape index (κ3) is 4.53. The largest absolute Gasteiger partial charge is 0.497 e. The van der Waals surface area contributed by atoms with Crippen LogP contribution in [0, 0.1) is 11.6 Å². The Morgan fingerprint density at radius 1 is 1.08 bits per heavy atom. The summed E-state index contributed by atoms with van der Waals surface area (Å²) in [7, 11) is 1.52. The number of para-hydroxylation sites is 1. The number of nitrogens with zero attached hydrogens (tertiary/aromatic N) is 1. The number of halogens is 2. The molecule has 25 heavy (non-hydrogen) atoms. The van der Waals surface area contributed by atoms with Crippen LogP contribution in [-0.2, 0) is 4.79 Å². The van der Waals surface area contributed by atoms with Crippen LogP contribution >= 0.6 is 0 Å². The van der Waals surface area contributed by atoms with Crippen molar-refractivity contribution in [1.82, 2.24) is 5.32 Å². The first kappa shape index (κ1) is 18.4. The summed E-state index contributed by atoms with van der Waals surface area (Å²) in [6.45, 7) is 1.18. The van der Waals surface area contributed by atoms with Gasteiger partial charge >= 0.3 is 0 Å². The molecular weight excluding hydrogens is 330 g/mol. The normalized spacial score (nSPS) is 10.2. The average molecular weight is 348 g/mol. The number of amides is 2. The van der Waals surface area contributed by atoms with E-state index < -0.39 is 23.2 Å². The van der Waals surface area contributed by atoms with Gasteiger partial charge in [0.1, 0.15) is 23.1 Å². The molecule has 0 heterocycles. The van der Waals surface area contributed by atoms with Gasteiger partial charge in [-0.25, -0.2) is 8.78 Å². The Morgan fingerprint density at radius 2 is 1.68 bits per heavy atom. The minimum absolute atomic E-state index is 0.0399. The minimum Gasteiger partial charge on any atom is -0.497 e. The van der Waals surface area contributed by atoms with Crippen LogP contribution in [0.3, 0.4) is 0 Å².